The number of fused-ring (bicyclic) bond motifs is 4. The summed E-state index contributed by atoms with van der Waals surface area (Å²) in [5.41, 5.74) is 1.79. The van der Waals surface area contributed by atoms with E-state index in [0.717, 1.165) is 57.8 Å². The molecule has 0 bridgehead atoms. The maximum Gasteiger partial charge on any atom is 0.172 e. The molecule has 5 fully saturated rings. The molecule has 0 unspecified atom stereocenters. The molecule has 6 aliphatic rings. The molecule has 174 valence electrons. The molecule has 4 aliphatic carbocycles. The standard InChI is InChI=1S/C27H42O4/c1-24(2)22-9-8-20-19-7-6-18-16-27(30-14-15-31-27)12-11-25(18,3)23(19)21(28)17-26(20,22)10-4-5-13-29-24/h6,19-23,28H,4-5,7-17H2,1-3H3/t19-,20-,21-,22+,23+,25-,26-/m0/s1. The Labute approximate surface area is 188 Å². The SMILES string of the molecule is CC1(C)OCCCC[C@]23C[C@H](O)[C@H]4[C@@H](CC=C5CC6(CC[C@@]54C)OCCO6)[C@@H]2CC[C@H]13. The number of aliphatic hydroxyl groups is 1. The summed E-state index contributed by atoms with van der Waals surface area (Å²) in [6, 6.07) is 0. The molecule has 4 nitrogen and oxygen atoms in total. The van der Waals surface area contributed by atoms with E-state index >= 15 is 0 Å². The molecule has 2 spiro atoms. The Morgan fingerprint density at radius 2 is 1.74 bits per heavy atom. The monoisotopic (exact) mass is 430 g/mol. The second kappa shape index (κ2) is 7.04. The summed E-state index contributed by atoms with van der Waals surface area (Å²) >= 11 is 0. The van der Waals surface area contributed by atoms with E-state index < -0.39 is 0 Å². The third-order valence-electron chi connectivity index (χ3n) is 10.9. The summed E-state index contributed by atoms with van der Waals surface area (Å²) in [6.07, 6.45) is 13.7. The summed E-state index contributed by atoms with van der Waals surface area (Å²) in [5, 5.41) is 11.8. The molecule has 0 aromatic carbocycles. The van der Waals surface area contributed by atoms with Crippen LogP contribution in [0.4, 0.5) is 0 Å². The van der Waals surface area contributed by atoms with Gasteiger partial charge in [0.25, 0.3) is 0 Å². The molecule has 31 heavy (non-hydrogen) atoms. The number of allylic oxidation sites excluding steroid dienone is 1. The number of rotatable bonds is 0. The van der Waals surface area contributed by atoms with E-state index in [1.807, 2.05) is 0 Å². The van der Waals surface area contributed by atoms with E-state index in [2.05, 4.69) is 26.8 Å². The van der Waals surface area contributed by atoms with Crippen LogP contribution in [0.3, 0.4) is 0 Å². The fourth-order valence-electron chi connectivity index (χ4n) is 9.77. The minimum absolute atomic E-state index is 0.0737. The van der Waals surface area contributed by atoms with Gasteiger partial charge in [-0.3, -0.25) is 0 Å². The second-order valence-electron chi connectivity index (χ2n) is 12.5. The Kier molecular flexibility index (Phi) is 4.80. The predicted octanol–water partition coefficient (Wildman–Crippen LogP) is 5.24. The van der Waals surface area contributed by atoms with Crippen molar-refractivity contribution in [1.82, 2.24) is 0 Å². The first-order valence-corrected chi connectivity index (χ1v) is 13.1. The Morgan fingerprint density at radius 1 is 0.935 bits per heavy atom. The van der Waals surface area contributed by atoms with E-state index in [9.17, 15) is 5.11 Å². The van der Waals surface area contributed by atoms with E-state index in [-0.39, 0.29) is 28.3 Å². The van der Waals surface area contributed by atoms with Gasteiger partial charge in [0.2, 0.25) is 0 Å². The molecule has 2 heterocycles. The minimum Gasteiger partial charge on any atom is -0.393 e. The normalized spacial score (nSPS) is 50.5. The molecule has 2 aliphatic heterocycles. The fraction of sp³-hybridized carbons (Fsp3) is 0.926. The molecule has 7 atom stereocenters. The van der Waals surface area contributed by atoms with Crippen LogP contribution >= 0.6 is 0 Å². The van der Waals surface area contributed by atoms with Crippen molar-refractivity contribution in [2.45, 2.75) is 102 Å². The van der Waals surface area contributed by atoms with Gasteiger partial charge >= 0.3 is 0 Å². The first-order chi connectivity index (χ1) is 14.8. The van der Waals surface area contributed by atoms with Crippen LogP contribution < -0.4 is 0 Å². The van der Waals surface area contributed by atoms with Gasteiger partial charge in [0.05, 0.1) is 24.9 Å². The van der Waals surface area contributed by atoms with Gasteiger partial charge in [-0.05, 0) is 93.3 Å². The molecule has 2 saturated heterocycles. The molecule has 0 radical (unpaired) electrons. The summed E-state index contributed by atoms with van der Waals surface area (Å²) < 4.78 is 18.6. The first kappa shape index (κ1) is 21.1. The summed E-state index contributed by atoms with van der Waals surface area (Å²) in [4.78, 5) is 0. The lowest BCUT2D eigenvalue weighted by molar-refractivity contribution is -0.202. The van der Waals surface area contributed by atoms with Crippen molar-refractivity contribution in [2.24, 2.45) is 34.5 Å². The van der Waals surface area contributed by atoms with E-state index in [1.165, 1.54) is 37.7 Å². The van der Waals surface area contributed by atoms with Crippen LogP contribution in [-0.4, -0.2) is 42.4 Å². The van der Waals surface area contributed by atoms with Gasteiger partial charge in [0, 0.05) is 19.4 Å². The molecular weight excluding hydrogens is 388 g/mol. The third kappa shape index (κ3) is 2.93. The quantitative estimate of drug-likeness (QED) is 0.534. The van der Waals surface area contributed by atoms with Crippen molar-refractivity contribution in [3.05, 3.63) is 11.6 Å². The van der Waals surface area contributed by atoms with Crippen molar-refractivity contribution in [3.63, 3.8) is 0 Å². The van der Waals surface area contributed by atoms with Crippen LogP contribution in [-0.2, 0) is 14.2 Å². The van der Waals surface area contributed by atoms with Crippen LogP contribution in [0.5, 0.6) is 0 Å². The molecule has 0 aromatic rings. The number of hydrogen-bond acceptors (Lipinski definition) is 4. The lowest BCUT2D eigenvalue weighted by Crippen LogP contribution is -2.60. The first-order valence-electron chi connectivity index (χ1n) is 13.1. The van der Waals surface area contributed by atoms with Crippen molar-refractivity contribution in [2.75, 3.05) is 19.8 Å². The molecule has 0 amide bonds. The largest absolute Gasteiger partial charge is 0.393 e. The molecular formula is C27H42O4. The smallest absolute Gasteiger partial charge is 0.172 e. The highest BCUT2D eigenvalue weighted by Crippen LogP contribution is 2.70. The highest BCUT2D eigenvalue weighted by molar-refractivity contribution is 5.28. The molecule has 4 heteroatoms. The van der Waals surface area contributed by atoms with Gasteiger partial charge in [-0.1, -0.05) is 25.0 Å². The highest BCUT2D eigenvalue weighted by Gasteiger charge is 2.66. The highest BCUT2D eigenvalue weighted by atomic mass is 16.7. The zero-order valence-electron chi connectivity index (χ0n) is 19.8. The van der Waals surface area contributed by atoms with E-state index in [0.29, 0.717) is 17.8 Å². The van der Waals surface area contributed by atoms with Gasteiger partial charge in [-0.25, -0.2) is 0 Å². The maximum absolute atomic E-state index is 11.8. The van der Waals surface area contributed by atoms with Gasteiger partial charge < -0.3 is 19.3 Å². The van der Waals surface area contributed by atoms with E-state index in [1.54, 1.807) is 0 Å². The average molecular weight is 431 g/mol. The van der Waals surface area contributed by atoms with Gasteiger partial charge in [0.15, 0.2) is 5.79 Å². The minimum atomic E-state index is -0.377. The maximum atomic E-state index is 11.8. The van der Waals surface area contributed by atoms with Crippen molar-refractivity contribution < 1.29 is 19.3 Å². The van der Waals surface area contributed by atoms with Gasteiger partial charge in [-0.2, -0.15) is 0 Å². The lowest BCUT2D eigenvalue weighted by atomic mass is 9.44. The van der Waals surface area contributed by atoms with Crippen molar-refractivity contribution in [1.29, 1.82) is 0 Å². The van der Waals surface area contributed by atoms with Crippen LogP contribution in [0.2, 0.25) is 0 Å². The molecule has 6 rings (SSSR count). The summed E-state index contributed by atoms with van der Waals surface area (Å²) in [5.74, 6) is 1.93. The Bertz CT molecular complexity index is 752. The van der Waals surface area contributed by atoms with Crippen molar-refractivity contribution in [3.8, 4) is 0 Å². The van der Waals surface area contributed by atoms with Gasteiger partial charge in [-0.15, -0.1) is 0 Å². The van der Waals surface area contributed by atoms with Crippen molar-refractivity contribution >= 4 is 0 Å². The number of hydrogen-bond donors (Lipinski definition) is 1. The van der Waals surface area contributed by atoms with E-state index in [4.69, 9.17) is 14.2 Å². The second-order valence-corrected chi connectivity index (χ2v) is 12.5. The van der Waals surface area contributed by atoms with Crippen LogP contribution in [0.1, 0.15) is 85.0 Å². The Hall–Kier alpha value is -0.420. The molecule has 3 saturated carbocycles. The molecule has 0 aromatic heterocycles. The van der Waals surface area contributed by atoms with Crippen LogP contribution in [0.25, 0.3) is 0 Å². The Morgan fingerprint density at radius 3 is 2.55 bits per heavy atom. The summed E-state index contributed by atoms with van der Waals surface area (Å²) in [7, 11) is 0. The lowest BCUT2D eigenvalue weighted by Gasteiger charge is -2.62. The summed E-state index contributed by atoms with van der Waals surface area (Å²) in [6.45, 7) is 9.46. The third-order valence-corrected chi connectivity index (χ3v) is 10.9. The number of aliphatic hydroxyl groups excluding tert-OH is 1. The number of ether oxygens (including phenoxy) is 3. The topological polar surface area (TPSA) is 47.9 Å². The zero-order chi connectivity index (χ0) is 21.5. The van der Waals surface area contributed by atoms with Gasteiger partial charge in [0.1, 0.15) is 0 Å². The zero-order valence-corrected chi connectivity index (χ0v) is 19.8. The van der Waals surface area contributed by atoms with Crippen LogP contribution in [0, 0.1) is 34.5 Å². The average Bonchev–Trinajstić information content (AvgIpc) is 3.32. The molecule has 1 N–H and O–H groups in total. The Balaban J connectivity index is 1.35. The fourth-order valence-corrected chi connectivity index (χ4v) is 9.77. The van der Waals surface area contributed by atoms with Crippen LogP contribution in [0.15, 0.2) is 11.6 Å². The predicted molar refractivity (Wildman–Crippen MR) is 119 cm³/mol.